The van der Waals surface area contributed by atoms with E-state index < -0.39 is 23.6 Å². The van der Waals surface area contributed by atoms with Gasteiger partial charge in [0.05, 0.1) is 5.56 Å². The molecule has 0 saturated heterocycles. The first-order valence-electron chi connectivity index (χ1n) is 6.36. The standard InChI is InChI=1S/C15H13F3O4/c1-9-5-6-13(22-9)12(14(19)20)8-21-11-4-2-3-10(7-11)15(16,17)18/h2-7,12H,8H2,1H3,(H,19,20). The maximum Gasteiger partial charge on any atom is 0.416 e. The molecule has 0 bridgehead atoms. The van der Waals surface area contributed by atoms with Gasteiger partial charge in [0.1, 0.15) is 29.8 Å². The summed E-state index contributed by atoms with van der Waals surface area (Å²) in [5, 5.41) is 9.18. The van der Waals surface area contributed by atoms with Crippen LogP contribution in [0.5, 0.6) is 5.75 Å². The molecule has 0 aliphatic rings. The fourth-order valence-corrected chi connectivity index (χ4v) is 1.86. The van der Waals surface area contributed by atoms with Crippen molar-refractivity contribution in [3.63, 3.8) is 0 Å². The van der Waals surface area contributed by atoms with Gasteiger partial charge in [-0.15, -0.1) is 0 Å². The van der Waals surface area contributed by atoms with Crippen LogP contribution in [0.15, 0.2) is 40.8 Å². The molecule has 0 amide bonds. The zero-order valence-electron chi connectivity index (χ0n) is 11.6. The Morgan fingerprint density at radius 2 is 2.05 bits per heavy atom. The Kier molecular flexibility index (Phi) is 4.44. The van der Waals surface area contributed by atoms with Crippen molar-refractivity contribution in [2.24, 2.45) is 0 Å². The van der Waals surface area contributed by atoms with Crippen molar-refractivity contribution < 1.29 is 32.2 Å². The lowest BCUT2D eigenvalue weighted by atomic mass is 10.1. The molecule has 0 spiro atoms. The number of hydrogen-bond donors (Lipinski definition) is 1. The number of furan rings is 1. The van der Waals surface area contributed by atoms with Gasteiger partial charge >= 0.3 is 12.1 Å². The SMILES string of the molecule is Cc1ccc(C(COc2cccc(C(F)(F)F)c2)C(=O)O)o1. The second kappa shape index (κ2) is 6.13. The van der Waals surface area contributed by atoms with Gasteiger partial charge in [-0.25, -0.2) is 0 Å². The average molecular weight is 314 g/mol. The van der Waals surface area contributed by atoms with E-state index in [2.05, 4.69) is 0 Å². The van der Waals surface area contributed by atoms with Gasteiger partial charge in [-0.05, 0) is 37.3 Å². The Labute approximate surface area is 124 Å². The first-order chi connectivity index (χ1) is 10.3. The highest BCUT2D eigenvalue weighted by molar-refractivity contribution is 5.75. The van der Waals surface area contributed by atoms with Gasteiger partial charge in [0.15, 0.2) is 0 Å². The van der Waals surface area contributed by atoms with Crippen molar-refractivity contribution in [1.82, 2.24) is 0 Å². The molecule has 1 aromatic carbocycles. The highest BCUT2D eigenvalue weighted by Gasteiger charge is 2.31. The molecular formula is C15H13F3O4. The van der Waals surface area contributed by atoms with Crippen molar-refractivity contribution in [3.8, 4) is 5.75 Å². The fourth-order valence-electron chi connectivity index (χ4n) is 1.86. The highest BCUT2D eigenvalue weighted by atomic mass is 19.4. The first kappa shape index (κ1) is 15.9. The van der Waals surface area contributed by atoms with Gasteiger partial charge in [-0.2, -0.15) is 13.2 Å². The van der Waals surface area contributed by atoms with Gasteiger partial charge in [-0.3, -0.25) is 4.79 Å². The third kappa shape index (κ3) is 3.81. The third-order valence-corrected chi connectivity index (χ3v) is 2.98. The molecule has 1 heterocycles. The molecule has 0 saturated carbocycles. The van der Waals surface area contributed by atoms with Crippen LogP contribution in [-0.2, 0) is 11.0 Å². The lowest BCUT2D eigenvalue weighted by molar-refractivity contribution is -0.140. The fraction of sp³-hybridized carbons (Fsp3) is 0.267. The second-order valence-electron chi connectivity index (χ2n) is 4.68. The molecule has 1 N–H and O–H groups in total. The zero-order chi connectivity index (χ0) is 16.3. The minimum Gasteiger partial charge on any atom is -0.492 e. The summed E-state index contributed by atoms with van der Waals surface area (Å²) in [6.45, 7) is 1.33. The van der Waals surface area contributed by atoms with Crippen LogP contribution in [0.4, 0.5) is 13.2 Å². The Hall–Kier alpha value is -2.44. The lowest BCUT2D eigenvalue weighted by Crippen LogP contribution is -2.19. The van der Waals surface area contributed by atoms with Gasteiger partial charge in [0, 0.05) is 0 Å². The van der Waals surface area contributed by atoms with E-state index in [0.717, 1.165) is 12.1 Å². The molecule has 22 heavy (non-hydrogen) atoms. The zero-order valence-corrected chi connectivity index (χ0v) is 11.6. The van der Waals surface area contributed by atoms with Crippen LogP contribution in [-0.4, -0.2) is 17.7 Å². The smallest absolute Gasteiger partial charge is 0.416 e. The normalized spacial score (nSPS) is 12.9. The third-order valence-electron chi connectivity index (χ3n) is 2.98. The van der Waals surface area contributed by atoms with Gasteiger partial charge < -0.3 is 14.3 Å². The van der Waals surface area contributed by atoms with Crippen LogP contribution < -0.4 is 4.74 Å². The largest absolute Gasteiger partial charge is 0.492 e. The predicted molar refractivity (Wildman–Crippen MR) is 70.8 cm³/mol. The molecule has 1 aromatic heterocycles. The van der Waals surface area contributed by atoms with Gasteiger partial charge in [0.25, 0.3) is 0 Å². The number of ether oxygens (including phenoxy) is 1. The summed E-state index contributed by atoms with van der Waals surface area (Å²) in [5.74, 6) is -1.59. The number of carboxylic acid groups (broad SMARTS) is 1. The van der Waals surface area contributed by atoms with E-state index in [1.165, 1.54) is 18.2 Å². The maximum absolute atomic E-state index is 12.6. The summed E-state index contributed by atoms with van der Waals surface area (Å²) in [6.07, 6.45) is -4.48. The topological polar surface area (TPSA) is 59.7 Å². The Morgan fingerprint density at radius 1 is 1.32 bits per heavy atom. The molecule has 0 radical (unpaired) electrons. The Morgan fingerprint density at radius 3 is 2.59 bits per heavy atom. The minimum absolute atomic E-state index is 0.0515. The number of benzene rings is 1. The number of aliphatic carboxylic acids is 1. The number of halogens is 3. The van der Waals surface area contributed by atoms with E-state index in [1.807, 2.05) is 0 Å². The van der Waals surface area contributed by atoms with E-state index in [9.17, 15) is 23.1 Å². The van der Waals surface area contributed by atoms with E-state index in [4.69, 9.17) is 9.15 Å². The number of rotatable bonds is 5. The summed E-state index contributed by atoms with van der Waals surface area (Å²) in [7, 11) is 0. The van der Waals surface area contributed by atoms with E-state index in [-0.39, 0.29) is 18.1 Å². The maximum atomic E-state index is 12.6. The minimum atomic E-state index is -4.48. The molecule has 1 unspecified atom stereocenters. The number of aryl methyl sites for hydroxylation is 1. The summed E-state index contributed by atoms with van der Waals surface area (Å²) >= 11 is 0. The summed E-state index contributed by atoms with van der Waals surface area (Å²) in [6, 6.07) is 7.38. The number of hydrogen-bond acceptors (Lipinski definition) is 3. The van der Waals surface area contributed by atoms with Crippen molar-refractivity contribution in [2.75, 3.05) is 6.61 Å². The van der Waals surface area contributed by atoms with Crippen molar-refractivity contribution >= 4 is 5.97 Å². The number of carbonyl (C=O) groups is 1. The van der Waals surface area contributed by atoms with Crippen molar-refractivity contribution in [1.29, 1.82) is 0 Å². The van der Waals surface area contributed by atoms with E-state index in [1.54, 1.807) is 13.0 Å². The molecular weight excluding hydrogens is 301 g/mol. The second-order valence-corrected chi connectivity index (χ2v) is 4.68. The molecule has 0 fully saturated rings. The van der Waals surface area contributed by atoms with Crippen LogP contribution >= 0.6 is 0 Å². The molecule has 0 aliphatic carbocycles. The van der Waals surface area contributed by atoms with Crippen LogP contribution in [0, 0.1) is 6.92 Å². The van der Waals surface area contributed by atoms with E-state index in [0.29, 0.717) is 5.76 Å². The molecule has 1 atom stereocenters. The van der Waals surface area contributed by atoms with Gasteiger partial charge in [-0.1, -0.05) is 6.07 Å². The monoisotopic (exact) mass is 314 g/mol. The van der Waals surface area contributed by atoms with Gasteiger partial charge in [0.2, 0.25) is 0 Å². The molecule has 118 valence electrons. The summed E-state index contributed by atoms with van der Waals surface area (Å²) in [5.41, 5.74) is -0.856. The molecule has 7 heteroatoms. The molecule has 2 aromatic rings. The molecule has 4 nitrogen and oxygen atoms in total. The van der Waals surface area contributed by atoms with E-state index >= 15 is 0 Å². The van der Waals surface area contributed by atoms with Crippen molar-refractivity contribution in [2.45, 2.75) is 19.0 Å². The Balaban J connectivity index is 2.12. The van der Waals surface area contributed by atoms with Crippen molar-refractivity contribution in [3.05, 3.63) is 53.5 Å². The quantitative estimate of drug-likeness (QED) is 0.910. The Bertz CT molecular complexity index is 661. The highest BCUT2D eigenvalue weighted by Crippen LogP contribution is 2.31. The predicted octanol–water partition coefficient (Wildman–Crippen LogP) is 3.85. The summed E-state index contributed by atoms with van der Waals surface area (Å²) < 4.78 is 48.2. The van der Waals surface area contributed by atoms with Crippen LogP contribution in [0.25, 0.3) is 0 Å². The molecule has 2 rings (SSSR count). The summed E-state index contributed by atoms with van der Waals surface area (Å²) in [4.78, 5) is 11.2. The molecule has 0 aliphatic heterocycles. The van der Waals surface area contributed by atoms with Crippen LogP contribution in [0.3, 0.4) is 0 Å². The van der Waals surface area contributed by atoms with Crippen LogP contribution in [0.2, 0.25) is 0 Å². The average Bonchev–Trinajstić information content (AvgIpc) is 2.84. The van der Waals surface area contributed by atoms with Crippen LogP contribution in [0.1, 0.15) is 23.0 Å². The first-order valence-corrected chi connectivity index (χ1v) is 6.36. The number of alkyl halides is 3. The lowest BCUT2D eigenvalue weighted by Gasteiger charge is -2.13. The number of carboxylic acids is 1.